The van der Waals surface area contributed by atoms with E-state index in [0.29, 0.717) is 6.42 Å². The number of aliphatic carboxylic acids is 1. The number of carbonyl (C=O) groups excluding carboxylic acids is 1. The summed E-state index contributed by atoms with van der Waals surface area (Å²) in [6.45, 7) is 4.27. The van der Waals surface area contributed by atoms with Gasteiger partial charge in [0.2, 0.25) is 0 Å². The highest BCUT2D eigenvalue weighted by atomic mass is 28.3. The zero-order chi connectivity index (χ0) is 16.6. The Balaban J connectivity index is 2.10. The van der Waals surface area contributed by atoms with Crippen LogP contribution in [0.2, 0.25) is 12.6 Å². The summed E-state index contributed by atoms with van der Waals surface area (Å²) in [5, 5.41) is 11.2. The Morgan fingerprint density at radius 3 is 2.83 bits per heavy atom. The number of aliphatic imine (C=N–C) groups is 1. The molecule has 0 aromatic heterocycles. The number of ketones is 1. The van der Waals surface area contributed by atoms with Crippen LogP contribution in [0.15, 0.2) is 46.6 Å². The summed E-state index contributed by atoms with van der Waals surface area (Å²) in [7, 11) is -2.16. The van der Waals surface area contributed by atoms with Gasteiger partial charge in [-0.05, 0) is 54.1 Å². The number of aryl methyl sites for hydroxylation is 1. The number of benzene rings is 1. The van der Waals surface area contributed by atoms with Crippen molar-refractivity contribution in [1.82, 2.24) is 0 Å². The van der Waals surface area contributed by atoms with Crippen LogP contribution in [0.4, 0.5) is 5.69 Å². The van der Waals surface area contributed by atoms with Crippen LogP contribution in [0.25, 0.3) is 0 Å². The zero-order valence-electron chi connectivity index (χ0n) is 13.3. The van der Waals surface area contributed by atoms with E-state index in [4.69, 9.17) is 10.1 Å². The molecule has 1 aromatic carbocycles. The maximum Gasteiger partial charge on any atom is 0.303 e. The smallest absolute Gasteiger partial charge is 0.303 e. The second kappa shape index (κ2) is 5.74. The molecular weight excluding hydrogens is 306 g/mol. The van der Waals surface area contributed by atoms with E-state index in [2.05, 4.69) is 12.6 Å². The molecule has 5 heteroatoms. The van der Waals surface area contributed by atoms with Crippen molar-refractivity contribution >= 4 is 36.4 Å². The number of carboxylic acid groups (broad SMARTS) is 1. The van der Waals surface area contributed by atoms with Gasteiger partial charge in [0.1, 0.15) is 8.07 Å². The van der Waals surface area contributed by atoms with Gasteiger partial charge in [0.25, 0.3) is 0 Å². The third-order valence-electron chi connectivity index (χ3n) is 4.62. The molecule has 1 atom stereocenters. The monoisotopic (exact) mass is 325 g/mol. The number of hydrogen-bond acceptors (Lipinski definition) is 3. The van der Waals surface area contributed by atoms with Crippen LogP contribution >= 0.6 is 0 Å². The first-order valence-electron chi connectivity index (χ1n) is 7.76. The maximum absolute atomic E-state index is 11.9. The van der Waals surface area contributed by atoms with Gasteiger partial charge in [-0.3, -0.25) is 9.59 Å². The summed E-state index contributed by atoms with van der Waals surface area (Å²) in [4.78, 5) is 27.5. The summed E-state index contributed by atoms with van der Waals surface area (Å²) < 4.78 is 0. The van der Waals surface area contributed by atoms with Gasteiger partial charge in [-0.15, -0.1) is 0 Å². The lowest BCUT2D eigenvalue weighted by Crippen LogP contribution is -2.52. The fraction of sp³-hybridized carbons (Fsp3) is 0.278. The molecule has 1 heterocycles. The molecule has 23 heavy (non-hydrogen) atoms. The second-order valence-electron chi connectivity index (χ2n) is 6.39. The topological polar surface area (TPSA) is 66.7 Å². The largest absolute Gasteiger partial charge is 0.481 e. The van der Waals surface area contributed by atoms with E-state index >= 15 is 0 Å². The molecule has 1 unspecified atom stereocenters. The first-order chi connectivity index (χ1) is 10.9. The molecule has 1 aliphatic heterocycles. The molecule has 1 aromatic rings. The molecule has 1 aliphatic carbocycles. The van der Waals surface area contributed by atoms with E-state index < -0.39 is 14.0 Å². The lowest BCUT2D eigenvalue weighted by molar-refractivity contribution is -0.137. The molecule has 2 aliphatic rings. The molecule has 0 radical (unpaired) electrons. The van der Waals surface area contributed by atoms with E-state index in [-0.39, 0.29) is 12.2 Å². The molecule has 0 amide bonds. The normalized spacial score (nSPS) is 22.1. The first-order valence-corrected chi connectivity index (χ1v) is 10.5. The standard InChI is InChI=1S/C18H19NO3Si/c1-12-5-7-14-16(10-12)23(2,9-3-4-18(21)22)17-11-13(20)6-8-15(17)19-14/h5-8,10-11H,3-4,9H2,1-2H3,(H,21,22). The third kappa shape index (κ3) is 2.84. The molecule has 4 nitrogen and oxygen atoms in total. The second-order valence-corrected chi connectivity index (χ2v) is 10.6. The number of hydrogen-bond donors (Lipinski definition) is 1. The summed E-state index contributed by atoms with van der Waals surface area (Å²) in [6, 6.07) is 7.04. The highest BCUT2D eigenvalue weighted by Crippen LogP contribution is 2.34. The summed E-state index contributed by atoms with van der Waals surface area (Å²) in [6.07, 6.45) is 5.83. The Morgan fingerprint density at radius 1 is 1.30 bits per heavy atom. The lowest BCUT2D eigenvalue weighted by atomic mass is 10.1. The van der Waals surface area contributed by atoms with Crippen molar-refractivity contribution in [1.29, 1.82) is 0 Å². The molecule has 0 fully saturated rings. The minimum absolute atomic E-state index is 0.00740. The van der Waals surface area contributed by atoms with E-state index in [0.717, 1.165) is 28.2 Å². The zero-order valence-corrected chi connectivity index (χ0v) is 14.3. The molecule has 0 bridgehead atoms. The van der Waals surface area contributed by atoms with Crippen molar-refractivity contribution in [2.75, 3.05) is 0 Å². The molecule has 0 spiro atoms. The SMILES string of the molecule is Cc1ccc2c(c1)[Si](C)(CCCC(=O)O)C1=CC(=O)C=CC1=N2. The van der Waals surface area contributed by atoms with Crippen LogP contribution in [-0.2, 0) is 9.59 Å². The molecule has 0 saturated heterocycles. The number of carbonyl (C=O) groups is 2. The van der Waals surface area contributed by atoms with Crippen LogP contribution in [-0.4, -0.2) is 30.6 Å². The fourth-order valence-corrected chi connectivity index (χ4v) is 7.51. The van der Waals surface area contributed by atoms with Crippen molar-refractivity contribution in [3.05, 3.63) is 47.2 Å². The quantitative estimate of drug-likeness (QED) is 0.684. The number of rotatable bonds is 4. The predicted octanol–water partition coefficient (Wildman–Crippen LogP) is 2.84. The van der Waals surface area contributed by atoms with Crippen LogP contribution in [0, 0.1) is 6.92 Å². The van der Waals surface area contributed by atoms with Crippen molar-refractivity contribution in [3.63, 3.8) is 0 Å². The summed E-state index contributed by atoms with van der Waals surface area (Å²) >= 11 is 0. The fourth-order valence-electron chi connectivity index (χ4n) is 3.38. The first kappa shape index (κ1) is 15.6. The number of allylic oxidation sites excluding steroid dienone is 4. The van der Waals surface area contributed by atoms with Crippen molar-refractivity contribution in [2.45, 2.75) is 32.4 Å². The Bertz CT molecular complexity index is 791. The Labute approximate surface area is 136 Å². The maximum atomic E-state index is 11.9. The van der Waals surface area contributed by atoms with E-state index in [9.17, 15) is 9.59 Å². The van der Waals surface area contributed by atoms with Gasteiger partial charge in [-0.2, -0.15) is 0 Å². The molecule has 1 N–H and O–H groups in total. The minimum Gasteiger partial charge on any atom is -0.481 e. The third-order valence-corrected chi connectivity index (χ3v) is 9.15. The Kier molecular flexibility index (Phi) is 3.89. The summed E-state index contributed by atoms with van der Waals surface area (Å²) in [5.41, 5.74) is 2.99. The number of nitrogens with zero attached hydrogens (tertiary/aromatic N) is 1. The molecule has 118 valence electrons. The van der Waals surface area contributed by atoms with Gasteiger partial charge in [0.15, 0.2) is 5.78 Å². The van der Waals surface area contributed by atoms with Crippen molar-refractivity contribution in [2.24, 2.45) is 4.99 Å². The van der Waals surface area contributed by atoms with Crippen LogP contribution < -0.4 is 5.19 Å². The van der Waals surface area contributed by atoms with E-state index in [1.165, 1.54) is 5.19 Å². The van der Waals surface area contributed by atoms with Gasteiger partial charge in [0.05, 0.1) is 11.4 Å². The summed E-state index contributed by atoms with van der Waals surface area (Å²) in [5.74, 6) is -0.780. The average molecular weight is 325 g/mol. The van der Waals surface area contributed by atoms with E-state index in [1.54, 1.807) is 18.2 Å². The van der Waals surface area contributed by atoms with Gasteiger partial charge in [0, 0.05) is 6.42 Å². The van der Waals surface area contributed by atoms with Gasteiger partial charge in [-0.1, -0.05) is 24.2 Å². The van der Waals surface area contributed by atoms with Crippen LogP contribution in [0.1, 0.15) is 18.4 Å². The average Bonchev–Trinajstić information content (AvgIpc) is 2.49. The highest BCUT2D eigenvalue weighted by molar-refractivity contribution is 7.02. The van der Waals surface area contributed by atoms with E-state index in [1.807, 2.05) is 19.1 Å². The van der Waals surface area contributed by atoms with Crippen molar-refractivity contribution in [3.8, 4) is 0 Å². The van der Waals surface area contributed by atoms with Gasteiger partial charge in [-0.25, -0.2) is 4.99 Å². The molecular formula is C18H19NO3Si. The molecule has 0 saturated carbocycles. The van der Waals surface area contributed by atoms with Gasteiger partial charge >= 0.3 is 5.97 Å². The highest BCUT2D eigenvalue weighted by Gasteiger charge is 2.41. The van der Waals surface area contributed by atoms with Crippen LogP contribution in [0.3, 0.4) is 0 Å². The predicted molar refractivity (Wildman–Crippen MR) is 93.4 cm³/mol. The number of fused-ring (bicyclic) bond motifs is 2. The number of carboxylic acids is 1. The van der Waals surface area contributed by atoms with Crippen molar-refractivity contribution < 1.29 is 14.7 Å². The minimum atomic E-state index is -2.16. The van der Waals surface area contributed by atoms with Gasteiger partial charge < -0.3 is 5.11 Å². The van der Waals surface area contributed by atoms with Crippen LogP contribution in [0.5, 0.6) is 0 Å². The Hall–Kier alpha value is -2.27. The Morgan fingerprint density at radius 2 is 2.09 bits per heavy atom. The molecule has 3 rings (SSSR count). The lowest BCUT2D eigenvalue weighted by Gasteiger charge is -2.36.